The van der Waals surface area contributed by atoms with E-state index in [0.29, 0.717) is 0 Å². The summed E-state index contributed by atoms with van der Waals surface area (Å²) in [4.78, 5) is 2.30. The Morgan fingerprint density at radius 2 is 2.25 bits per heavy atom. The third-order valence-corrected chi connectivity index (χ3v) is 3.18. The summed E-state index contributed by atoms with van der Waals surface area (Å²) in [6.07, 6.45) is 3.78. The van der Waals surface area contributed by atoms with Crippen LogP contribution in [0.1, 0.15) is 18.6 Å². The molecule has 2 aliphatic heterocycles. The maximum atomic E-state index is 5.72. The van der Waals surface area contributed by atoms with Crippen molar-refractivity contribution in [2.24, 2.45) is 0 Å². The second kappa shape index (κ2) is 4.16. The molecule has 5 nitrogen and oxygen atoms in total. The lowest BCUT2D eigenvalue weighted by Gasteiger charge is -2.38. The fraction of sp³-hybridized carbons (Fsp3) is 0.727. The Bertz CT molecular complexity index is 333. The first-order chi connectivity index (χ1) is 7.86. The van der Waals surface area contributed by atoms with Crippen molar-refractivity contribution in [3.8, 4) is 0 Å². The molecule has 2 fully saturated rings. The molecular formula is C11H16N2O3. The minimum absolute atomic E-state index is 0.349. The van der Waals surface area contributed by atoms with Gasteiger partial charge in [-0.3, -0.25) is 4.90 Å². The summed E-state index contributed by atoms with van der Waals surface area (Å²) in [7, 11) is 0. The van der Waals surface area contributed by atoms with Gasteiger partial charge in [-0.05, 0) is 13.0 Å². The second-order valence-electron chi connectivity index (χ2n) is 4.40. The molecule has 0 bridgehead atoms. The smallest absolute Gasteiger partial charge is 0.181 e. The molecule has 16 heavy (non-hydrogen) atoms. The number of nitrogens with zero attached hydrogens (tertiary/aromatic N) is 2. The van der Waals surface area contributed by atoms with E-state index < -0.39 is 0 Å². The molecule has 0 saturated carbocycles. The SMILES string of the molecule is c1cc(CN2CCCC3(C2)OCCO3)on1. The maximum absolute atomic E-state index is 5.72. The van der Waals surface area contributed by atoms with Gasteiger partial charge in [0.25, 0.3) is 0 Å². The lowest BCUT2D eigenvalue weighted by atomic mass is 10.0. The number of aromatic nitrogens is 1. The molecule has 3 rings (SSSR count). The lowest BCUT2D eigenvalue weighted by molar-refractivity contribution is -0.190. The Morgan fingerprint density at radius 1 is 1.38 bits per heavy atom. The highest BCUT2D eigenvalue weighted by atomic mass is 16.7. The Morgan fingerprint density at radius 3 is 3.00 bits per heavy atom. The third-order valence-electron chi connectivity index (χ3n) is 3.18. The topological polar surface area (TPSA) is 47.7 Å². The van der Waals surface area contributed by atoms with Crippen molar-refractivity contribution in [3.63, 3.8) is 0 Å². The van der Waals surface area contributed by atoms with Gasteiger partial charge in [-0.2, -0.15) is 0 Å². The molecule has 2 saturated heterocycles. The summed E-state index contributed by atoms with van der Waals surface area (Å²) in [5.74, 6) is 0.549. The van der Waals surface area contributed by atoms with Crippen molar-refractivity contribution in [2.45, 2.75) is 25.2 Å². The monoisotopic (exact) mass is 224 g/mol. The van der Waals surface area contributed by atoms with Crippen molar-refractivity contribution in [3.05, 3.63) is 18.0 Å². The summed E-state index contributed by atoms with van der Waals surface area (Å²) >= 11 is 0. The molecule has 0 aromatic carbocycles. The molecule has 0 atom stereocenters. The highest BCUT2D eigenvalue weighted by Gasteiger charge is 2.40. The summed E-state index contributed by atoms with van der Waals surface area (Å²) in [5.41, 5.74) is 0. The summed E-state index contributed by atoms with van der Waals surface area (Å²) in [5, 5.41) is 3.71. The van der Waals surface area contributed by atoms with Crippen LogP contribution in [0, 0.1) is 0 Å². The highest BCUT2D eigenvalue weighted by Crippen LogP contribution is 2.30. The minimum atomic E-state index is -0.349. The third kappa shape index (κ3) is 1.98. The van der Waals surface area contributed by atoms with Gasteiger partial charge in [0.15, 0.2) is 11.5 Å². The van der Waals surface area contributed by atoms with Crippen LogP contribution < -0.4 is 0 Å². The van der Waals surface area contributed by atoms with Gasteiger partial charge >= 0.3 is 0 Å². The van der Waals surface area contributed by atoms with Crippen molar-refractivity contribution in [1.29, 1.82) is 0 Å². The van der Waals surface area contributed by atoms with E-state index in [1.54, 1.807) is 6.20 Å². The summed E-state index contributed by atoms with van der Waals surface area (Å²) in [6, 6.07) is 1.90. The van der Waals surface area contributed by atoms with Crippen molar-refractivity contribution in [1.82, 2.24) is 10.1 Å². The minimum Gasteiger partial charge on any atom is -0.360 e. The van der Waals surface area contributed by atoms with Crippen LogP contribution in [0.15, 0.2) is 16.8 Å². The zero-order chi connectivity index (χ0) is 10.8. The number of ether oxygens (including phenoxy) is 2. The van der Waals surface area contributed by atoms with E-state index in [2.05, 4.69) is 10.1 Å². The Kier molecular flexibility index (Phi) is 2.67. The van der Waals surface area contributed by atoms with E-state index >= 15 is 0 Å². The van der Waals surface area contributed by atoms with Gasteiger partial charge in [-0.1, -0.05) is 5.16 Å². The lowest BCUT2D eigenvalue weighted by Crippen LogP contribution is -2.48. The standard InChI is InChI=1S/C11H16N2O3/c1-3-11(14-6-7-15-11)9-13(5-1)8-10-2-4-12-16-10/h2,4H,1,3,5-9H2. The first-order valence-electron chi connectivity index (χ1n) is 5.76. The van der Waals surface area contributed by atoms with E-state index in [-0.39, 0.29) is 5.79 Å². The van der Waals surface area contributed by atoms with Gasteiger partial charge in [-0.25, -0.2) is 0 Å². The van der Waals surface area contributed by atoms with Gasteiger partial charge in [0.2, 0.25) is 0 Å². The molecule has 1 aromatic rings. The van der Waals surface area contributed by atoms with Crippen molar-refractivity contribution < 1.29 is 14.0 Å². The summed E-state index contributed by atoms with van der Waals surface area (Å²) < 4.78 is 16.6. The van der Waals surface area contributed by atoms with Gasteiger partial charge < -0.3 is 14.0 Å². The Hall–Kier alpha value is -0.910. The summed E-state index contributed by atoms with van der Waals surface area (Å²) in [6.45, 7) is 4.11. The second-order valence-corrected chi connectivity index (χ2v) is 4.40. The van der Waals surface area contributed by atoms with Crippen LogP contribution in [0.5, 0.6) is 0 Å². The fourth-order valence-electron chi connectivity index (χ4n) is 2.48. The molecule has 88 valence electrons. The molecule has 0 radical (unpaired) electrons. The molecule has 0 unspecified atom stereocenters. The maximum Gasteiger partial charge on any atom is 0.181 e. The van der Waals surface area contributed by atoms with E-state index in [9.17, 15) is 0 Å². The molecule has 0 aliphatic carbocycles. The van der Waals surface area contributed by atoms with Crippen LogP contribution in [0.25, 0.3) is 0 Å². The fourth-order valence-corrected chi connectivity index (χ4v) is 2.48. The Labute approximate surface area is 94.3 Å². The molecule has 3 heterocycles. The zero-order valence-corrected chi connectivity index (χ0v) is 9.22. The molecule has 0 amide bonds. The van der Waals surface area contributed by atoms with Crippen LogP contribution >= 0.6 is 0 Å². The van der Waals surface area contributed by atoms with Crippen LogP contribution in [0.2, 0.25) is 0 Å². The Balaban J connectivity index is 1.63. The van der Waals surface area contributed by atoms with Crippen molar-refractivity contribution >= 4 is 0 Å². The van der Waals surface area contributed by atoms with Crippen molar-refractivity contribution in [2.75, 3.05) is 26.3 Å². The van der Waals surface area contributed by atoms with Crippen LogP contribution in [0.4, 0.5) is 0 Å². The number of piperidine rings is 1. The van der Waals surface area contributed by atoms with E-state index in [1.807, 2.05) is 6.07 Å². The van der Waals surface area contributed by atoms with Crippen LogP contribution in [-0.4, -0.2) is 42.1 Å². The number of hydrogen-bond acceptors (Lipinski definition) is 5. The van der Waals surface area contributed by atoms with Gasteiger partial charge in [0.05, 0.1) is 32.5 Å². The first-order valence-corrected chi connectivity index (χ1v) is 5.76. The van der Waals surface area contributed by atoms with Gasteiger partial charge in [0, 0.05) is 12.5 Å². The largest absolute Gasteiger partial charge is 0.360 e. The average Bonchev–Trinajstić information content (AvgIpc) is 2.91. The molecular weight excluding hydrogens is 208 g/mol. The zero-order valence-electron chi connectivity index (χ0n) is 9.22. The molecule has 5 heteroatoms. The molecule has 1 spiro atoms. The van der Waals surface area contributed by atoms with Gasteiger partial charge in [0.1, 0.15) is 0 Å². The quantitative estimate of drug-likeness (QED) is 0.750. The van der Waals surface area contributed by atoms with E-state index in [4.69, 9.17) is 14.0 Å². The number of hydrogen-bond donors (Lipinski definition) is 0. The molecule has 2 aliphatic rings. The predicted octanol–water partition coefficient (Wildman–Crippen LogP) is 1.01. The number of rotatable bonds is 2. The van der Waals surface area contributed by atoms with Crippen LogP contribution in [0.3, 0.4) is 0 Å². The van der Waals surface area contributed by atoms with Crippen LogP contribution in [-0.2, 0) is 16.0 Å². The molecule has 1 aromatic heterocycles. The molecule has 0 N–H and O–H groups in total. The van der Waals surface area contributed by atoms with E-state index in [1.165, 1.54) is 0 Å². The first kappa shape index (κ1) is 10.3. The number of likely N-dealkylation sites (tertiary alicyclic amines) is 1. The normalized spacial score (nSPS) is 25.2. The van der Waals surface area contributed by atoms with E-state index in [0.717, 1.165) is 51.4 Å². The highest BCUT2D eigenvalue weighted by molar-refractivity contribution is 4.94. The average molecular weight is 224 g/mol. The predicted molar refractivity (Wildman–Crippen MR) is 55.6 cm³/mol. The van der Waals surface area contributed by atoms with Gasteiger partial charge in [-0.15, -0.1) is 0 Å².